The van der Waals surface area contributed by atoms with E-state index in [1.807, 2.05) is 52.0 Å². The van der Waals surface area contributed by atoms with E-state index in [4.69, 9.17) is 11.6 Å². The molecule has 3 aromatic carbocycles. The zero-order valence-electron chi connectivity index (χ0n) is 23.3. The highest BCUT2D eigenvalue weighted by molar-refractivity contribution is 7.92. The molecule has 1 N–H and O–H groups in total. The van der Waals surface area contributed by atoms with Gasteiger partial charge in [-0.2, -0.15) is 0 Å². The first-order valence-electron chi connectivity index (χ1n) is 12.9. The summed E-state index contributed by atoms with van der Waals surface area (Å²) in [6.07, 6.45) is 0.299. The highest BCUT2D eigenvalue weighted by Gasteiger charge is 2.35. The predicted molar refractivity (Wildman–Crippen MR) is 156 cm³/mol. The molecule has 2 amide bonds. The van der Waals surface area contributed by atoms with Crippen LogP contribution in [-0.4, -0.2) is 43.3 Å². The van der Waals surface area contributed by atoms with E-state index in [2.05, 4.69) is 5.32 Å². The van der Waals surface area contributed by atoms with Gasteiger partial charge in [0.15, 0.2) is 0 Å². The number of carbonyl (C=O) groups is 2. The van der Waals surface area contributed by atoms with Crippen molar-refractivity contribution in [3.05, 3.63) is 94.8 Å². The Bertz CT molecular complexity index is 1460. The van der Waals surface area contributed by atoms with Gasteiger partial charge in [0.25, 0.3) is 10.0 Å². The van der Waals surface area contributed by atoms with Crippen LogP contribution in [0.4, 0.5) is 10.1 Å². The molecule has 0 aromatic heterocycles. The third-order valence-electron chi connectivity index (χ3n) is 6.29. The van der Waals surface area contributed by atoms with Crippen molar-refractivity contribution in [3.63, 3.8) is 0 Å². The third kappa shape index (κ3) is 7.61. The number of carbonyl (C=O) groups excluding carboxylic acids is 2. The summed E-state index contributed by atoms with van der Waals surface area (Å²) < 4.78 is 42.5. The van der Waals surface area contributed by atoms with Gasteiger partial charge in [-0.1, -0.05) is 61.0 Å². The Morgan fingerprint density at radius 2 is 1.62 bits per heavy atom. The second-order valence-corrected chi connectivity index (χ2v) is 12.8. The number of hydrogen-bond acceptors (Lipinski definition) is 4. The lowest BCUT2D eigenvalue weighted by molar-refractivity contribution is -0.141. The fourth-order valence-electron chi connectivity index (χ4n) is 4.23. The highest BCUT2D eigenvalue weighted by atomic mass is 35.5. The molecule has 3 rings (SSSR count). The van der Waals surface area contributed by atoms with Crippen LogP contribution in [0, 0.1) is 12.7 Å². The molecule has 0 bridgehead atoms. The number of halogens is 2. The van der Waals surface area contributed by atoms with Gasteiger partial charge in [-0.3, -0.25) is 13.9 Å². The number of anilines is 1. The standard InChI is InChI=1S/C30H35ClFN3O4S/c1-6-27(29(37)33-30(3,4)5)34(19-22-13-11-10-12-21(22)2)28(36)20-35(23-16-17-26(32)25(31)18-23)40(38,39)24-14-8-7-9-15-24/h7-18,27H,6,19-20H2,1-5H3,(H,33,37)/t27-/m1/s1. The van der Waals surface area contributed by atoms with Crippen LogP contribution in [0.25, 0.3) is 0 Å². The quantitative estimate of drug-likeness (QED) is 0.329. The molecule has 0 fully saturated rings. The number of rotatable bonds is 10. The summed E-state index contributed by atoms with van der Waals surface area (Å²) in [6.45, 7) is 8.69. The average molecular weight is 588 g/mol. The van der Waals surface area contributed by atoms with Crippen LogP contribution < -0.4 is 9.62 Å². The molecule has 0 aliphatic carbocycles. The van der Waals surface area contributed by atoms with E-state index in [9.17, 15) is 22.4 Å². The largest absolute Gasteiger partial charge is 0.350 e. The minimum atomic E-state index is -4.27. The van der Waals surface area contributed by atoms with Crippen LogP contribution in [0.1, 0.15) is 45.2 Å². The van der Waals surface area contributed by atoms with Crippen LogP contribution in [0.2, 0.25) is 5.02 Å². The summed E-state index contributed by atoms with van der Waals surface area (Å²) in [5, 5.41) is 2.65. The third-order valence-corrected chi connectivity index (χ3v) is 8.37. The molecule has 0 saturated carbocycles. The first kappa shape index (κ1) is 31.1. The van der Waals surface area contributed by atoms with Gasteiger partial charge in [0.2, 0.25) is 11.8 Å². The summed E-state index contributed by atoms with van der Waals surface area (Å²) in [5.74, 6) is -1.67. The Morgan fingerprint density at radius 3 is 2.20 bits per heavy atom. The second-order valence-electron chi connectivity index (χ2n) is 10.5. The maximum atomic E-state index is 14.1. The van der Waals surface area contributed by atoms with Gasteiger partial charge in [-0.05, 0) is 75.6 Å². The normalized spacial score (nSPS) is 12.5. The molecular weight excluding hydrogens is 553 g/mol. The first-order valence-corrected chi connectivity index (χ1v) is 14.7. The van der Waals surface area contributed by atoms with Crippen LogP contribution in [0.15, 0.2) is 77.7 Å². The van der Waals surface area contributed by atoms with Gasteiger partial charge in [0.1, 0.15) is 18.4 Å². The van der Waals surface area contributed by atoms with Crippen LogP contribution in [-0.2, 0) is 26.2 Å². The maximum absolute atomic E-state index is 14.1. The van der Waals surface area contributed by atoms with Crippen molar-refractivity contribution in [1.29, 1.82) is 0 Å². The highest BCUT2D eigenvalue weighted by Crippen LogP contribution is 2.28. The van der Waals surface area contributed by atoms with Gasteiger partial charge in [-0.25, -0.2) is 12.8 Å². The maximum Gasteiger partial charge on any atom is 0.264 e. The number of hydrogen-bond donors (Lipinski definition) is 1. The topological polar surface area (TPSA) is 86.8 Å². The van der Waals surface area contributed by atoms with E-state index in [0.29, 0.717) is 6.42 Å². The second kappa shape index (κ2) is 12.8. The Hall–Kier alpha value is -3.43. The molecule has 0 unspecified atom stereocenters. The minimum absolute atomic E-state index is 0.0200. The number of nitrogens with one attached hydrogen (secondary N) is 1. The van der Waals surface area contributed by atoms with E-state index in [1.165, 1.54) is 29.2 Å². The monoisotopic (exact) mass is 587 g/mol. The van der Waals surface area contributed by atoms with Gasteiger partial charge in [0, 0.05) is 12.1 Å². The fraction of sp³-hybridized carbons (Fsp3) is 0.333. The van der Waals surface area contributed by atoms with E-state index >= 15 is 0 Å². The number of benzene rings is 3. The molecule has 0 heterocycles. The lowest BCUT2D eigenvalue weighted by Crippen LogP contribution is -2.55. The van der Waals surface area contributed by atoms with Gasteiger partial charge in [0.05, 0.1) is 15.6 Å². The molecular formula is C30H35ClFN3O4S. The smallest absolute Gasteiger partial charge is 0.264 e. The molecule has 40 heavy (non-hydrogen) atoms. The SMILES string of the molecule is CC[C@H](C(=O)NC(C)(C)C)N(Cc1ccccc1C)C(=O)CN(c1ccc(F)c(Cl)c1)S(=O)(=O)c1ccccc1. The lowest BCUT2D eigenvalue weighted by atomic mass is 10.0. The van der Waals surface area contributed by atoms with Crippen molar-refractivity contribution >= 4 is 39.1 Å². The molecule has 7 nitrogen and oxygen atoms in total. The summed E-state index contributed by atoms with van der Waals surface area (Å²) >= 11 is 6.01. The van der Waals surface area contributed by atoms with Gasteiger partial charge in [-0.15, -0.1) is 0 Å². The number of nitrogens with zero attached hydrogens (tertiary/aromatic N) is 2. The predicted octanol–water partition coefficient (Wildman–Crippen LogP) is 5.70. The van der Waals surface area contributed by atoms with Crippen molar-refractivity contribution in [2.75, 3.05) is 10.8 Å². The number of aryl methyl sites for hydroxylation is 1. The van der Waals surface area contributed by atoms with E-state index in [0.717, 1.165) is 21.5 Å². The summed E-state index contributed by atoms with van der Waals surface area (Å²) in [7, 11) is -4.27. The van der Waals surface area contributed by atoms with Gasteiger partial charge < -0.3 is 10.2 Å². The van der Waals surface area contributed by atoms with Crippen LogP contribution in [0.3, 0.4) is 0 Å². The van der Waals surface area contributed by atoms with Crippen molar-refractivity contribution in [2.45, 2.75) is 64.1 Å². The minimum Gasteiger partial charge on any atom is -0.350 e. The zero-order valence-corrected chi connectivity index (χ0v) is 24.9. The van der Waals surface area contributed by atoms with Crippen LogP contribution >= 0.6 is 11.6 Å². The Kier molecular flexibility index (Phi) is 9.97. The van der Waals surface area contributed by atoms with E-state index < -0.39 is 39.9 Å². The van der Waals surface area contributed by atoms with E-state index in [1.54, 1.807) is 25.1 Å². The molecule has 0 aliphatic rings. The number of sulfonamides is 1. The molecule has 10 heteroatoms. The zero-order chi connectivity index (χ0) is 29.7. The molecule has 3 aromatic rings. The Labute approximate surface area is 241 Å². The molecule has 214 valence electrons. The first-order chi connectivity index (χ1) is 18.7. The number of amides is 2. The van der Waals surface area contributed by atoms with Crippen molar-refractivity contribution in [3.8, 4) is 0 Å². The van der Waals surface area contributed by atoms with Crippen molar-refractivity contribution in [2.24, 2.45) is 0 Å². The van der Waals surface area contributed by atoms with Crippen molar-refractivity contribution < 1.29 is 22.4 Å². The van der Waals surface area contributed by atoms with Crippen molar-refractivity contribution in [1.82, 2.24) is 10.2 Å². The molecule has 0 aliphatic heterocycles. The molecule has 0 saturated heterocycles. The summed E-state index contributed by atoms with van der Waals surface area (Å²) in [4.78, 5) is 28.8. The fourth-order valence-corrected chi connectivity index (χ4v) is 5.83. The molecule has 0 radical (unpaired) electrons. The summed E-state index contributed by atoms with van der Waals surface area (Å²) in [6, 6.07) is 17.7. The average Bonchev–Trinajstić information content (AvgIpc) is 2.89. The van der Waals surface area contributed by atoms with Gasteiger partial charge >= 0.3 is 0 Å². The Balaban J connectivity index is 2.10. The Morgan fingerprint density at radius 1 is 1.00 bits per heavy atom. The summed E-state index contributed by atoms with van der Waals surface area (Å²) in [5.41, 5.74) is 1.22. The molecule has 1 atom stereocenters. The van der Waals surface area contributed by atoms with Crippen LogP contribution in [0.5, 0.6) is 0 Å². The lowest BCUT2D eigenvalue weighted by Gasteiger charge is -2.35. The molecule has 0 spiro atoms. The van der Waals surface area contributed by atoms with E-state index in [-0.39, 0.29) is 28.1 Å².